The molecular formula is C26H32N2O2. The Kier molecular flexibility index (Phi) is 6.51. The molecule has 1 aliphatic heterocycles. The maximum Gasteiger partial charge on any atom is 0.255 e. The Labute approximate surface area is 179 Å². The lowest BCUT2D eigenvalue weighted by atomic mass is 9.78. The Morgan fingerprint density at radius 2 is 1.57 bits per heavy atom. The van der Waals surface area contributed by atoms with Crippen LogP contribution in [0.25, 0.3) is 0 Å². The van der Waals surface area contributed by atoms with Gasteiger partial charge in [0.15, 0.2) is 0 Å². The van der Waals surface area contributed by atoms with Crippen LogP contribution in [-0.2, 0) is 6.42 Å². The summed E-state index contributed by atoms with van der Waals surface area (Å²) in [5.41, 5.74) is 3.31. The van der Waals surface area contributed by atoms with E-state index in [-0.39, 0.29) is 11.8 Å². The number of piperidine rings is 1. The van der Waals surface area contributed by atoms with Crippen LogP contribution in [0, 0.1) is 5.92 Å². The predicted octanol–water partition coefficient (Wildman–Crippen LogP) is 5.69. The molecule has 2 aromatic rings. The Balaban J connectivity index is 1.39. The van der Waals surface area contributed by atoms with Crippen LogP contribution in [0.4, 0.5) is 5.69 Å². The number of likely N-dealkylation sites (tertiary alicyclic amines) is 1. The van der Waals surface area contributed by atoms with E-state index in [1.807, 2.05) is 48.5 Å². The average molecular weight is 405 g/mol. The van der Waals surface area contributed by atoms with Gasteiger partial charge in [0.2, 0.25) is 0 Å². The molecular weight excluding hydrogens is 372 g/mol. The first kappa shape index (κ1) is 20.6. The molecule has 0 aromatic heterocycles. The van der Waals surface area contributed by atoms with E-state index >= 15 is 0 Å². The number of carbonyl (C=O) groups is 2. The van der Waals surface area contributed by atoms with Crippen molar-refractivity contribution in [3.63, 3.8) is 0 Å². The minimum Gasteiger partial charge on any atom is -0.335 e. The molecule has 2 aliphatic rings. The lowest BCUT2D eigenvalue weighted by molar-refractivity contribution is 0.0390. The number of hydrogen-bond donors (Lipinski definition) is 1. The lowest BCUT2D eigenvalue weighted by Gasteiger charge is -2.44. The maximum absolute atomic E-state index is 13.1. The van der Waals surface area contributed by atoms with Crippen LogP contribution in [0.2, 0.25) is 0 Å². The Bertz CT molecular complexity index is 871. The summed E-state index contributed by atoms with van der Waals surface area (Å²) in [5.74, 6) is 0.688. The minimum absolute atomic E-state index is 0.127. The van der Waals surface area contributed by atoms with E-state index in [9.17, 15) is 9.59 Å². The number of aryl methyl sites for hydroxylation is 1. The number of hydrogen-bond acceptors (Lipinski definition) is 2. The summed E-state index contributed by atoms with van der Waals surface area (Å²) in [4.78, 5) is 27.8. The van der Waals surface area contributed by atoms with Crippen molar-refractivity contribution in [3.8, 4) is 0 Å². The van der Waals surface area contributed by atoms with E-state index in [1.54, 1.807) is 0 Å². The summed E-state index contributed by atoms with van der Waals surface area (Å²) < 4.78 is 0. The zero-order valence-electron chi connectivity index (χ0n) is 17.9. The highest BCUT2D eigenvalue weighted by Crippen LogP contribution is 2.36. The molecule has 30 heavy (non-hydrogen) atoms. The van der Waals surface area contributed by atoms with Crippen molar-refractivity contribution in [2.75, 3.05) is 11.9 Å². The minimum atomic E-state index is -0.127. The fourth-order valence-electron chi connectivity index (χ4n) is 5.05. The molecule has 4 nitrogen and oxygen atoms in total. The van der Waals surface area contributed by atoms with Gasteiger partial charge in [0, 0.05) is 29.4 Å². The molecule has 1 heterocycles. The van der Waals surface area contributed by atoms with Crippen LogP contribution in [0.5, 0.6) is 0 Å². The van der Waals surface area contributed by atoms with E-state index in [1.165, 1.54) is 31.2 Å². The van der Waals surface area contributed by atoms with Gasteiger partial charge in [-0.05, 0) is 80.0 Å². The van der Waals surface area contributed by atoms with Gasteiger partial charge in [-0.2, -0.15) is 0 Å². The highest BCUT2D eigenvalue weighted by molar-refractivity contribution is 6.04. The number of anilines is 1. The topological polar surface area (TPSA) is 49.4 Å². The van der Waals surface area contributed by atoms with Crippen LogP contribution in [0.3, 0.4) is 0 Å². The highest BCUT2D eigenvalue weighted by Gasteiger charge is 2.35. The molecule has 1 aliphatic carbocycles. The molecule has 2 fully saturated rings. The van der Waals surface area contributed by atoms with Gasteiger partial charge in [-0.3, -0.25) is 9.59 Å². The maximum atomic E-state index is 13.1. The normalized spacial score (nSPS) is 21.0. The fraction of sp³-hybridized carbons (Fsp3) is 0.462. The summed E-state index contributed by atoms with van der Waals surface area (Å²) >= 11 is 0. The Morgan fingerprint density at radius 3 is 2.30 bits per heavy atom. The Morgan fingerprint density at radius 1 is 0.900 bits per heavy atom. The summed E-state index contributed by atoms with van der Waals surface area (Å²) in [6.45, 7) is 3.01. The number of nitrogens with one attached hydrogen (secondary N) is 1. The number of fused-ring (bicyclic) bond motifs is 1. The van der Waals surface area contributed by atoms with Crippen LogP contribution >= 0.6 is 0 Å². The fourth-order valence-corrected chi connectivity index (χ4v) is 5.05. The van der Waals surface area contributed by atoms with E-state index in [4.69, 9.17) is 0 Å². The molecule has 1 saturated heterocycles. The third-order valence-corrected chi connectivity index (χ3v) is 6.65. The number of rotatable bonds is 5. The molecule has 4 heteroatoms. The van der Waals surface area contributed by atoms with Gasteiger partial charge in [0.1, 0.15) is 0 Å². The second kappa shape index (κ2) is 9.46. The monoisotopic (exact) mass is 404 g/mol. The Hall–Kier alpha value is -2.62. The van der Waals surface area contributed by atoms with Gasteiger partial charge in [-0.25, -0.2) is 0 Å². The van der Waals surface area contributed by atoms with Gasteiger partial charge in [-0.15, -0.1) is 0 Å². The van der Waals surface area contributed by atoms with Crippen LogP contribution < -0.4 is 5.32 Å². The SMILES string of the molecule is CCCc1ccc(C(=O)Nc2ccc(C(=O)N3CCC[C@@H]4CCCC[C@@H]43)cc2)cc1. The zero-order valence-corrected chi connectivity index (χ0v) is 17.9. The van der Waals surface area contributed by atoms with Crippen molar-refractivity contribution >= 4 is 17.5 Å². The van der Waals surface area contributed by atoms with Gasteiger partial charge < -0.3 is 10.2 Å². The number of nitrogens with zero attached hydrogens (tertiary/aromatic N) is 1. The van der Waals surface area contributed by atoms with Gasteiger partial charge in [-0.1, -0.05) is 38.3 Å². The second-order valence-electron chi connectivity index (χ2n) is 8.73. The quantitative estimate of drug-likeness (QED) is 0.696. The van der Waals surface area contributed by atoms with Crippen molar-refractivity contribution in [2.45, 2.75) is 64.3 Å². The molecule has 2 amide bonds. The van der Waals surface area contributed by atoms with Crippen molar-refractivity contribution in [1.29, 1.82) is 0 Å². The molecule has 158 valence electrons. The zero-order chi connectivity index (χ0) is 20.9. The van der Waals surface area contributed by atoms with Crippen molar-refractivity contribution in [1.82, 2.24) is 4.90 Å². The van der Waals surface area contributed by atoms with Gasteiger partial charge >= 0.3 is 0 Å². The standard InChI is InChI=1S/C26H32N2O2/c1-2-6-19-10-12-21(13-11-19)25(29)27-23-16-14-22(15-17-23)26(30)28-18-5-8-20-7-3-4-9-24(20)28/h10-17,20,24H,2-9,18H2,1H3,(H,27,29)/t20-,24-/m0/s1. The van der Waals surface area contributed by atoms with Gasteiger partial charge in [0.05, 0.1) is 0 Å². The molecule has 1 saturated carbocycles. The summed E-state index contributed by atoms with van der Waals surface area (Å²) in [6, 6.07) is 15.5. The smallest absolute Gasteiger partial charge is 0.255 e. The van der Waals surface area contributed by atoms with E-state index in [0.29, 0.717) is 28.8 Å². The number of benzene rings is 2. The lowest BCUT2D eigenvalue weighted by Crippen LogP contribution is -2.49. The summed E-state index contributed by atoms with van der Waals surface area (Å²) in [7, 11) is 0. The second-order valence-corrected chi connectivity index (χ2v) is 8.73. The first-order chi connectivity index (χ1) is 14.7. The molecule has 4 rings (SSSR count). The predicted molar refractivity (Wildman–Crippen MR) is 121 cm³/mol. The van der Waals surface area contributed by atoms with Crippen molar-refractivity contribution < 1.29 is 9.59 Å². The van der Waals surface area contributed by atoms with Crippen molar-refractivity contribution in [2.24, 2.45) is 5.92 Å². The number of amides is 2. The summed E-state index contributed by atoms with van der Waals surface area (Å²) in [5, 5.41) is 2.94. The van der Waals surface area contributed by atoms with Crippen LogP contribution in [-0.4, -0.2) is 29.3 Å². The molecule has 1 N–H and O–H groups in total. The van der Waals surface area contributed by atoms with E-state index in [0.717, 1.165) is 32.2 Å². The first-order valence-corrected chi connectivity index (χ1v) is 11.5. The molecule has 2 atom stereocenters. The third-order valence-electron chi connectivity index (χ3n) is 6.65. The molecule has 0 bridgehead atoms. The molecule has 2 aromatic carbocycles. The average Bonchev–Trinajstić information content (AvgIpc) is 2.79. The van der Waals surface area contributed by atoms with Gasteiger partial charge in [0.25, 0.3) is 11.8 Å². The third kappa shape index (κ3) is 4.58. The highest BCUT2D eigenvalue weighted by atomic mass is 16.2. The van der Waals surface area contributed by atoms with E-state index in [2.05, 4.69) is 17.1 Å². The first-order valence-electron chi connectivity index (χ1n) is 11.5. The van der Waals surface area contributed by atoms with Crippen molar-refractivity contribution in [3.05, 3.63) is 65.2 Å². The van der Waals surface area contributed by atoms with Crippen LogP contribution in [0.1, 0.15) is 78.1 Å². The number of carbonyl (C=O) groups excluding carboxylic acids is 2. The molecule has 0 unspecified atom stereocenters. The summed E-state index contributed by atoms with van der Waals surface area (Å²) in [6.07, 6.45) is 9.43. The molecule has 0 radical (unpaired) electrons. The molecule has 0 spiro atoms. The largest absolute Gasteiger partial charge is 0.335 e. The van der Waals surface area contributed by atoms with Crippen LogP contribution in [0.15, 0.2) is 48.5 Å². The van der Waals surface area contributed by atoms with E-state index < -0.39 is 0 Å².